The summed E-state index contributed by atoms with van der Waals surface area (Å²) in [5.74, 6) is 2.12. The molecule has 0 bridgehead atoms. The fraction of sp³-hybridized carbons (Fsp3) is 0.353. The zero-order chi connectivity index (χ0) is 16.5. The van der Waals surface area contributed by atoms with Crippen LogP contribution in [0.5, 0.6) is 0 Å². The molecule has 4 heterocycles. The van der Waals surface area contributed by atoms with Gasteiger partial charge < -0.3 is 13.9 Å². The third-order valence-corrected chi connectivity index (χ3v) is 4.34. The molecule has 24 heavy (non-hydrogen) atoms. The first-order valence-electron chi connectivity index (χ1n) is 8.07. The highest BCUT2D eigenvalue weighted by Crippen LogP contribution is 2.16. The summed E-state index contributed by atoms with van der Waals surface area (Å²) in [5, 5.41) is 4.25. The highest BCUT2D eigenvalue weighted by Gasteiger charge is 2.23. The van der Waals surface area contributed by atoms with Gasteiger partial charge in [0, 0.05) is 38.4 Å². The molecule has 1 aliphatic rings. The van der Waals surface area contributed by atoms with E-state index in [-0.39, 0.29) is 5.91 Å². The molecule has 0 N–H and O–H groups in total. The van der Waals surface area contributed by atoms with E-state index in [9.17, 15) is 4.79 Å². The Labute approximate surface area is 139 Å². The van der Waals surface area contributed by atoms with Crippen molar-refractivity contribution in [3.63, 3.8) is 0 Å². The molecular formula is C17H19N5O2. The Bertz CT molecular complexity index is 846. The molecule has 7 heteroatoms. The van der Waals surface area contributed by atoms with Gasteiger partial charge in [-0.05, 0) is 25.1 Å². The number of aryl methyl sites for hydroxylation is 1. The first-order valence-corrected chi connectivity index (χ1v) is 8.07. The normalized spacial score (nSPS) is 14.5. The average molecular weight is 325 g/mol. The second kappa shape index (κ2) is 5.99. The van der Waals surface area contributed by atoms with E-state index in [0.717, 1.165) is 30.2 Å². The zero-order valence-electron chi connectivity index (χ0n) is 13.6. The minimum atomic E-state index is -0.0533. The van der Waals surface area contributed by atoms with Gasteiger partial charge in [-0.25, -0.2) is 4.98 Å². The summed E-state index contributed by atoms with van der Waals surface area (Å²) in [6.07, 6.45) is 6.35. The maximum absolute atomic E-state index is 12.6. The number of fused-ring (bicyclic) bond motifs is 1. The molecule has 0 spiro atoms. The van der Waals surface area contributed by atoms with Gasteiger partial charge in [0.1, 0.15) is 11.6 Å². The molecule has 0 radical (unpaired) electrons. The molecule has 7 nitrogen and oxygen atoms in total. The molecule has 1 aliphatic heterocycles. The van der Waals surface area contributed by atoms with E-state index in [0.29, 0.717) is 25.4 Å². The standard InChI is InChI=1S/C17H19N5O2/c1-13-3-4-15(24-13)17(23)20-8-5-16-18-11-14(22(16)10-9-20)12-21-7-2-6-19-21/h2-4,6-7,11H,5,8-10,12H2,1H3. The van der Waals surface area contributed by atoms with E-state index in [1.165, 1.54) is 0 Å². The highest BCUT2D eigenvalue weighted by molar-refractivity contribution is 5.91. The minimum Gasteiger partial charge on any atom is -0.456 e. The van der Waals surface area contributed by atoms with E-state index in [1.54, 1.807) is 12.3 Å². The van der Waals surface area contributed by atoms with Crippen LogP contribution in [0.3, 0.4) is 0 Å². The molecule has 0 unspecified atom stereocenters. The Morgan fingerprint density at radius 1 is 1.29 bits per heavy atom. The summed E-state index contributed by atoms with van der Waals surface area (Å²) < 4.78 is 9.54. The fourth-order valence-electron chi connectivity index (χ4n) is 3.09. The summed E-state index contributed by atoms with van der Waals surface area (Å²) >= 11 is 0. The van der Waals surface area contributed by atoms with Crippen molar-refractivity contribution in [2.24, 2.45) is 0 Å². The number of hydrogen-bond donors (Lipinski definition) is 0. The van der Waals surface area contributed by atoms with Gasteiger partial charge in [0.05, 0.1) is 18.4 Å². The van der Waals surface area contributed by atoms with Crippen LogP contribution in [-0.4, -0.2) is 43.2 Å². The van der Waals surface area contributed by atoms with Crippen LogP contribution in [0, 0.1) is 6.92 Å². The lowest BCUT2D eigenvalue weighted by atomic mass is 10.3. The molecule has 0 aromatic carbocycles. The van der Waals surface area contributed by atoms with Crippen LogP contribution in [0.25, 0.3) is 0 Å². The summed E-state index contributed by atoms with van der Waals surface area (Å²) in [6.45, 7) is 4.56. The smallest absolute Gasteiger partial charge is 0.289 e. The number of furan rings is 1. The number of aromatic nitrogens is 4. The van der Waals surface area contributed by atoms with Crippen LogP contribution in [0.15, 0.2) is 41.2 Å². The lowest BCUT2D eigenvalue weighted by Gasteiger charge is -2.18. The predicted octanol–water partition coefficient (Wildman–Crippen LogP) is 1.73. The molecule has 0 saturated heterocycles. The van der Waals surface area contributed by atoms with E-state index >= 15 is 0 Å². The van der Waals surface area contributed by atoms with Crippen molar-refractivity contribution < 1.29 is 9.21 Å². The molecule has 3 aromatic rings. The summed E-state index contributed by atoms with van der Waals surface area (Å²) in [6, 6.07) is 5.47. The first kappa shape index (κ1) is 14.7. The van der Waals surface area contributed by atoms with Gasteiger partial charge in [0.25, 0.3) is 5.91 Å². The van der Waals surface area contributed by atoms with Crippen LogP contribution in [0.1, 0.15) is 27.8 Å². The molecule has 0 saturated carbocycles. The summed E-state index contributed by atoms with van der Waals surface area (Å²) in [4.78, 5) is 18.9. The van der Waals surface area contributed by atoms with E-state index < -0.39 is 0 Å². The molecule has 0 aliphatic carbocycles. The maximum Gasteiger partial charge on any atom is 0.289 e. The lowest BCUT2D eigenvalue weighted by molar-refractivity contribution is 0.0725. The van der Waals surface area contributed by atoms with Gasteiger partial charge in [0.15, 0.2) is 5.76 Å². The zero-order valence-corrected chi connectivity index (χ0v) is 13.6. The molecule has 4 rings (SSSR count). The van der Waals surface area contributed by atoms with Crippen molar-refractivity contribution in [3.05, 3.63) is 59.8 Å². The third kappa shape index (κ3) is 2.73. The van der Waals surface area contributed by atoms with Crippen LogP contribution in [0.2, 0.25) is 0 Å². The topological polar surface area (TPSA) is 69.1 Å². The molecule has 3 aromatic heterocycles. The van der Waals surface area contributed by atoms with E-state index in [4.69, 9.17) is 4.42 Å². The first-order chi connectivity index (χ1) is 11.7. The number of carbonyl (C=O) groups excluding carboxylic acids is 1. The van der Waals surface area contributed by atoms with Crippen LogP contribution in [-0.2, 0) is 19.5 Å². The van der Waals surface area contributed by atoms with E-state index in [1.807, 2.05) is 41.0 Å². The largest absolute Gasteiger partial charge is 0.456 e. The van der Waals surface area contributed by atoms with Crippen LogP contribution in [0.4, 0.5) is 0 Å². The Kier molecular flexibility index (Phi) is 3.68. The molecule has 124 valence electrons. The number of nitrogens with zero attached hydrogens (tertiary/aromatic N) is 5. The van der Waals surface area contributed by atoms with Gasteiger partial charge in [-0.1, -0.05) is 0 Å². The molecule has 0 atom stereocenters. The van der Waals surface area contributed by atoms with Gasteiger partial charge in [-0.3, -0.25) is 9.48 Å². The minimum absolute atomic E-state index is 0.0533. The van der Waals surface area contributed by atoms with Crippen molar-refractivity contribution in [2.45, 2.75) is 26.4 Å². The molecular weight excluding hydrogens is 306 g/mol. The SMILES string of the molecule is Cc1ccc(C(=O)N2CCc3ncc(Cn4cccn4)n3CC2)o1. The second-order valence-electron chi connectivity index (χ2n) is 5.97. The number of hydrogen-bond acceptors (Lipinski definition) is 4. The Morgan fingerprint density at radius 3 is 2.96 bits per heavy atom. The maximum atomic E-state index is 12.6. The van der Waals surface area contributed by atoms with Gasteiger partial charge in [-0.15, -0.1) is 0 Å². The molecule has 1 amide bonds. The van der Waals surface area contributed by atoms with Gasteiger partial charge in [-0.2, -0.15) is 5.10 Å². The van der Waals surface area contributed by atoms with E-state index in [2.05, 4.69) is 14.6 Å². The van der Waals surface area contributed by atoms with Crippen LogP contribution < -0.4 is 0 Å². The Balaban J connectivity index is 1.50. The van der Waals surface area contributed by atoms with Crippen molar-refractivity contribution in [1.82, 2.24) is 24.2 Å². The predicted molar refractivity (Wildman–Crippen MR) is 86.6 cm³/mol. The third-order valence-electron chi connectivity index (χ3n) is 4.34. The fourth-order valence-corrected chi connectivity index (χ4v) is 3.09. The lowest BCUT2D eigenvalue weighted by Crippen LogP contribution is -2.33. The average Bonchev–Trinajstić information content (AvgIpc) is 3.28. The Hall–Kier alpha value is -2.83. The monoisotopic (exact) mass is 325 g/mol. The Morgan fingerprint density at radius 2 is 2.21 bits per heavy atom. The van der Waals surface area contributed by atoms with Crippen molar-refractivity contribution in [2.75, 3.05) is 13.1 Å². The summed E-state index contributed by atoms with van der Waals surface area (Å²) in [7, 11) is 0. The summed E-state index contributed by atoms with van der Waals surface area (Å²) in [5.41, 5.74) is 1.11. The molecule has 0 fully saturated rings. The van der Waals surface area contributed by atoms with Crippen molar-refractivity contribution in [1.29, 1.82) is 0 Å². The number of amides is 1. The second-order valence-corrected chi connectivity index (χ2v) is 5.97. The van der Waals surface area contributed by atoms with Crippen molar-refractivity contribution in [3.8, 4) is 0 Å². The quantitative estimate of drug-likeness (QED) is 0.735. The van der Waals surface area contributed by atoms with Gasteiger partial charge >= 0.3 is 0 Å². The number of imidazole rings is 1. The highest BCUT2D eigenvalue weighted by atomic mass is 16.3. The van der Waals surface area contributed by atoms with Crippen LogP contribution >= 0.6 is 0 Å². The van der Waals surface area contributed by atoms with Crippen molar-refractivity contribution >= 4 is 5.91 Å². The number of rotatable bonds is 3. The van der Waals surface area contributed by atoms with Gasteiger partial charge in [0.2, 0.25) is 0 Å². The number of carbonyl (C=O) groups is 1.